The molecule has 1 unspecified atom stereocenters. The number of halogens is 2. The molecule has 0 amide bonds. The average Bonchev–Trinajstić information content (AvgIpc) is 2.34. The summed E-state index contributed by atoms with van der Waals surface area (Å²) >= 11 is 0. The summed E-state index contributed by atoms with van der Waals surface area (Å²) in [5.41, 5.74) is 5.90. The van der Waals surface area contributed by atoms with E-state index in [4.69, 9.17) is 10.5 Å². The number of nitrogens with two attached hydrogens (primary N) is 1. The Morgan fingerprint density at radius 1 is 1.39 bits per heavy atom. The van der Waals surface area contributed by atoms with Crippen LogP contribution in [0.1, 0.15) is 18.4 Å². The van der Waals surface area contributed by atoms with Gasteiger partial charge in [0.2, 0.25) is 0 Å². The van der Waals surface area contributed by atoms with Crippen LogP contribution in [0.4, 0.5) is 8.78 Å². The summed E-state index contributed by atoms with van der Waals surface area (Å²) in [6, 6.07) is 3.72. The van der Waals surface area contributed by atoms with Crippen LogP contribution >= 0.6 is 0 Å². The highest BCUT2D eigenvalue weighted by molar-refractivity contribution is 5.18. The first kappa shape index (κ1) is 15.0. The molecule has 1 aromatic rings. The van der Waals surface area contributed by atoms with Crippen LogP contribution in [-0.4, -0.2) is 26.3 Å². The van der Waals surface area contributed by atoms with Gasteiger partial charge in [0.1, 0.15) is 11.6 Å². The molecular weight excluding hydrogens is 238 g/mol. The summed E-state index contributed by atoms with van der Waals surface area (Å²) < 4.78 is 31.2. The van der Waals surface area contributed by atoms with E-state index in [1.54, 1.807) is 7.11 Å². The third-order valence-corrected chi connectivity index (χ3v) is 2.72. The highest BCUT2D eigenvalue weighted by Crippen LogP contribution is 2.10. The summed E-state index contributed by atoms with van der Waals surface area (Å²) in [6.07, 6.45) is 1.75. The van der Waals surface area contributed by atoms with Crippen molar-refractivity contribution in [1.82, 2.24) is 5.32 Å². The van der Waals surface area contributed by atoms with Gasteiger partial charge in [0, 0.05) is 31.3 Å². The van der Waals surface area contributed by atoms with Crippen molar-refractivity contribution in [3.05, 3.63) is 35.4 Å². The molecule has 1 rings (SSSR count). The van der Waals surface area contributed by atoms with Crippen LogP contribution in [0.25, 0.3) is 0 Å². The SMILES string of the molecule is COCC(CCCN)NCc1ccc(F)cc1F. The maximum atomic E-state index is 13.4. The van der Waals surface area contributed by atoms with E-state index < -0.39 is 11.6 Å². The van der Waals surface area contributed by atoms with Gasteiger partial charge in [0.05, 0.1) is 6.61 Å². The number of hydrogen-bond donors (Lipinski definition) is 2. The molecule has 0 spiro atoms. The van der Waals surface area contributed by atoms with Gasteiger partial charge in [-0.15, -0.1) is 0 Å². The lowest BCUT2D eigenvalue weighted by molar-refractivity contribution is 0.161. The third kappa shape index (κ3) is 5.08. The fourth-order valence-electron chi connectivity index (χ4n) is 1.73. The van der Waals surface area contributed by atoms with Crippen molar-refractivity contribution in [3.8, 4) is 0 Å². The van der Waals surface area contributed by atoms with Gasteiger partial charge in [-0.3, -0.25) is 0 Å². The van der Waals surface area contributed by atoms with Crippen LogP contribution in [0.3, 0.4) is 0 Å². The predicted octanol–water partition coefficient (Wildman–Crippen LogP) is 1.81. The molecule has 5 heteroatoms. The Hall–Kier alpha value is -1.04. The van der Waals surface area contributed by atoms with Gasteiger partial charge in [-0.25, -0.2) is 8.78 Å². The topological polar surface area (TPSA) is 47.3 Å². The number of rotatable bonds is 8. The van der Waals surface area contributed by atoms with Gasteiger partial charge in [-0.05, 0) is 25.5 Å². The van der Waals surface area contributed by atoms with Crippen LogP contribution in [0.15, 0.2) is 18.2 Å². The monoisotopic (exact) mass is 258 g/mol. The van der Waals surface area contributed by atoms with Crippen molar-refractivity contribution in [3.63, 3.8) is 0 Å². The van der Waals surface area contributed by atoms with Crippen LogP contribution < -0.4 is 11.1 Å². The molecule has 3 N–H and O–H groups in total. The second kappa shape index (κ2) is 8.13. The Morgan fingerprint density at radius 2 is 2.17 bits per heavy atom. The molecule has 0 aliphatic carbocycles. The van der Waals surface area contributed by atoms with Crippen molar-refractivity contribution >= 4 is 0 Å². The second-order valence-corrected chi connectivity index (χ2v) is 4.20. The molecule has 0 saturated carbocycles. The Bertz CT molecular complexity index is 361. The first-order valence-electron chi connectivity index (χ1n) is 6.03. The van der Waals surface area contributed by atoms with Gasteiger partial charge < -0.3 is 15.8 Å². The lowest BCUT2D eigenvalue weighted by atomic mass is 10.1. The van der Waals surface area contributed by atoms with E-state index in [1.807, 2.05) is 0 Å². The Morgan fingerprint density at radius 3 is 2.78 bits per heavy atom. The first-order valence-corrected chi connectivity index (χ1v) is 6.03. The molecule has 102 valence electrons. The first-order chi connectivity index (χ1) is 8.67. The van der Waals surface area contributed by atoms with Gasteiger partial charge in [-0.1, -0.05) is 6.07 Å². The number of nitrogens with one attached hydrogen (secondary N) is 1. The molecule has 0 radical (unpaired) electrons. The van der Waals surface area contributed by atoms with E-state index in [2.05, 4.69) is 5.32 Å². The minimum atomic E-state index is -0.562. The van der Waals surface area contributed by atoms with Crippen LogP contribution in [0.5, 0.6) is 0 Å². The van der Waals surface area contributed by atoms with E-state index in [0.717, 1.165) is 18.9 Å². The summed E-state index contributed by atoms with van der Waals surface area (Å²) in [6.45, 7) is 1.51. The molecule has 3 nitrogen and oxygen atoms in total. The van der Waals surface area contributed by atoms with Gasteiger partial charge in [0.25, 0.3) is 0 Å². The fraction of sp³-hybridized carbons (Fsp3) is 0.538. The summed E-state index contributed by atoms with van der Waals surface area (Å²) in [5, 5.41) is 3.19. The van der Waals surface area contributed by atoms with Crippen molar-refractivity contribution in [2.24, 2.45) is 5.73 Å². The lowest BCUT2D eigenvalue weighted by Gasteiger charge is -2.17. The van der Waals surface area contributed by atoms with Crippen molar-refractivity contribution in [1.29, 1.82) is 0 Å². The molecule has 0 aromatic heterocycles. The number of methoxy groups -OCH3 is 1. The van der Waals surface area contributed by atoms with Crippen molar-refractivity contribution in [2.45, 2.75) is 25.4 Å². The van der Waals surface area contributed by atoms with E-state index in [0.29, 0.717) is 25.3 Å². The Labute approximate surface area is 106 Å². The minimum Gasteiger partial charge on any atom is -0.383 e. The van der Waals surface area contributed by atoms with Crippen LogP contribution in [-0.2, 0) is 11.3 Å². The minimum absolute atomic E-state index is 0.128. The molecule has 0 aliphatic heterocycles. The van der Waals surface area contributed by atoms with Crippen LogP contribution in [0, 0.1) is 11.6 Å². The average molecular weight is 258 g/mol. The molecule has 0 bridgehead atoms. The molecule has 18 heavy (non-hydrogen) atoms. The zero-order valence-electron chi connectivity index (χ0n) is 10.6. The van der Waals surface area contributed by atoms with Gasteiger partial charge in [0.15, 0.2) is 0 Å². The van der Waals surface area contributed by atoms with E-state index in [9.17, 15) is 8.78 Å². The Balaban J connectivity index is 2.49. The summed E-state index contributed by atoms with van der Waals surface area (Å²) in [7, 11) is 1.62. The molecule has 0 aliphatic rings. The fourth-order valence-corrected chi connectivity index (χ4v) is 1.73. The van der Waals surface area contributed by atoms with Gasteiger partial charge >= 0.3 is 0 Å². The smallest absolute Gasteiger partial charge is 0.130 e. The van der Waals surface area contributed by atoms with Crippen molar-refractivity contribution < 1.29 is 13.5 Å². The van der Waals surface area contributed by atoms with E-state index >= 15 is 0 Å². The molecular formula is C13H20F2N2O. The van der Waals surface area contributed by atoms with E-state index in [1.165, 1.54) is 12.1 Å². The van der Waals surface area contributed by atoms with E-state index in [-0.39, 0.29) is 6.04 Å². The lowest BCUT2D eigenvalue weighted by Crippen LogP contribution is -2.33. The highest BCUT2D eigenvalue weighted by Gasteiger charge is 2.09. The molecule has 1 atom stereocenters. The Kier molecular flexibility index (Phi) is 6.78. The predicted molar refractivity (Wildman–Crippen MR) is 67.2 cm³/mol. The zero-order valence-corrected chi connectivity index (χ0v) is 10.6. The quantitative estimate of drug-likeness (QED) is 0.747. The van der Waals surface area contributed by atoms with Crippen molar-refractivity contribution in [2.75, 3.05) is 20.3 Å². The number of ether oxygens (including phenoxy) is 1. The largest absolute Gasteiger partial charge is 0.383 e. The maximum Gasteiger partial charge on any atom is 0.130 e. The number of hydrogen-bond acceptors (Lipinski definition) is 3. The number of benzene rings is 1. The van der Waals surface area contributed by atoms with Gasteiger partial charge in [-0.2, -0.15) is 0 Å². The molecule has 0 saturated heterocycles. The maximum absolute atomic E-state index is 13.4. The zero-order chi connectivity index (χ0) is 13.4. The third-order valence-electron chi connectivity index (χ3n) is 2.72. The summed E-state index contributed by atoms with van der Waals surface area (Å²) in [4.78, 5) is 0. The molecule has 0 fully saturated rings. The standard InChI is InChI=1S/C13H20F2N2O/c1-18-9-12(3-2-6-16)17-8-10-4-5-11(14)7-13(10)15/h4-5,7,12,17H,2-3,6,8-9,16H2,1H3. The second-order valence-electron chi connectivity index (χ2n) is 4.20. The molecule has 0 heterocycles. The molecule has 1 aromatic carbocycles. The summed E-state index contributed by atoms with van der Waals surface area (Å²) in [5.74, 6) is -1.09. The normalized spacial score (nSPS) is 12.7. The van der Waals surface area contributed by atoms with Crippen LogP contribution in [0.2, 0.25) is 0 Å². The highest BCUT2D eigenvalue weighted by atomic mass is 19.1.